The first kappa shape index (κ1) is 14.0. The summed E-state index contributed by atoms with van der Waals surface area (Å²) in [6.07, 6.45) is 1.12. The summed E-state index contributed by atoms with van der Waals surface area (Å²) in [5.41, 5.74) is 4.81. The van der Waals surface area contributed by atoms with Gasteiger partial charge in [0, 0.05) is 13.5 Å². The van der Waals surface area contributed by atoms with Gasteiger partial charge < -0.3 is 14.0 Å². The summed E-state index contributed by atoms with van der Waals surface area (Å²) < 4.78 is 17.9. The van der Waals surface area contributed by atoms with Crippen molar-refractivity contribution in [3.8, 4) is 0 Å². The predicted molar refractivity (Wildman–Crippen MR) is 86.1 cm³/mol. The topological polar surface area (TPSA) is 27.7 Å². The molecule has 4 rings (SSSR count). The highest BCUT2D eigenvalue weighted by Crippen LogP contribution is 2.41. The fraction of sp³-hybridized carbons (Fsp3) is 0.333. The van der Waals surface area contributed by atoms with Crippen molar-refractivity contribution in [3.63, 3.8) is 0 Å². The Bertz CT molecular complexity index is 688. The highest BCUT2D eigenvalue weighted by atomic mass is 16.7. The van der Waals surface area contributed by atoms with E-state index in [4.69, 9.17) is 14.0 Å². The summed E-state index contributed by atoms with van der Waals surface area (Å²) in [6, 6.07) is 16.7. The summed E-state index contributed by atoms with van der Waals surface area (Å²) in [7, 11) is 1.42. The molecule has 3 atom stereocenters. The number of ether oxygens (including phenoxy) is 1. The minimum atomic E-state index is -0.308. The van der Waals surface area contributed by atoms with Crippen molar-refractivity contribution < 1.29 is 14.0 Å². The number of fused-ring (bicyclic) bond motifs is 3. The molecule has 0 radical (unpaired) electrons. The Kier molecular flexibility index (Phi) is 3.53. The lowest BCUT2D eigenvalue weighted by Crippen LogP contribution is -2.36. The second kappa shape index (κ2) is 5.54. The van der Waals surface area contributed by atoms with Gasteiger partial charge in [0.1, 0.15) is 0 Å². The Balaban J connectivity index is 1.63. The van der Waals surface area contributed by atoms with Crippen LogP contribution in [0, 0.1) is 0 Å². The first-order valence-electron chi connectivity index (χ1n) is 7.78. The minimum absolute atomic E-state index is 0.0242. The van der Waals surface area contributed by atoms with Crippen molar-refractivity contribution in [2.45, 2.75) is 31.7 Å². The summed E-state index contributed by atoms with van der Waals surface area (Å²) in [4.78, 5) is 0. The maximum absolute atomic E-state index is 6.26. The number of hydrogen-bond acceptors (Lipinski definition) is 3. The van der Waals surface area contributed by atoms with Crippen LogP contribution in [-0.2, 0) is 20.5 Å². The van der Waals surface area contributed by atoms with Crippen LogP contribution in [-0.4, -0.2) is 20.3 Å². The molecule has 0 N–H and O–H groups in total. The third kappa shape index (κ3) is 2.19. The van der Waals surface area contributed by atoms with Crippen LogP contribution in [0.3, 0.4) is 0 Å². The number of rotatable bonds is 3. The molecule has 2 aromatic rings. The third-order valence-electron chi connectivity index (χ3n) is 4.73. The van der Waals surface area contributed by atoms with Gasteiger partial charge >= 0.3 is 7.12 Å². The van der Waals surface area contributed by atoms with Crippen molar-refractivity contribution in [1.29, 1.82) is 0 Å². The molecule has 1 aliphatic carbocycles. The van der Waals surface area contributed by atoms with Crippen molar-refractivity contribution in [3.05, 3.63) is 65.2 Å². The molecule has 1 aliphatic heterocycles. The maximum atomic E-state index is 6.26. The normalized spacial score (nSPS) is 24.2. The molecule has 2 aromatic carbocycles. The van der Waals surface area contributed by atoms with Crippen molar-refractivity contribution >= 4 is 12.6 Å². The Labute approximate surface area is 131 Å². The largest absolute Gasteiger partial charge is 0.495 e. The van der Waals surface area contributed by atoms with Crippen molar-refractivity contribution in [2.75, 3.05) is 7.11 Å². The molecular weight excluding hydrogens is 275 g/mol. The minimum Gasteiger partial charge on any atom is -0.401 e. The molecule has 0 aromatic heterocycles. The zero-order valence-electron chi connectivity index (χ0n) is 12.9. The van der Waals surface area contributed by atoms with Gasteiger partial charge in [0.25, 0.3) is 0 Å². The molecule has 0 spiro atoms. The molecule has 1 fully saturated rings. The molecule has 0 unspecified atom stereocenters. The lowest BCUT2D eigenvalue weighted by molar-refractivity contribution is 0.120. The van der Waals surface area contributed by atoms with Gasteiger partial charge in [-0.15, -0.1) is 0 Å². The second-order valence-electron chi connectivity index (χ2n) is 5.97. The molecule has 0 saturated carbocycles. The van der Waals surface area contributed by atoms with E-state index < -0.39 is 0 Å². The summed E-state index contributed by atoms with van der Waals surface area (Å²) in [5, 5.41) is 0. The zero-order chi connectivity index (χ0) is 15.1. The average molecular weight is 294 g/mol. The summed E-state index contributed by atoms with van der Waals surface area (Å²) >= 11 is 0. The molecule has 4 heteroatoms. The van der Waals surface area contributed by atoms with E-state index in [1.54, 1.807) is 7.11 Å². The van der Waals surface area contributed by atoms with Gasteiger partial charge in [-0.2, -0.15) is 0 Å². The summed E-state index contributed by atoms with van der Waals surface area (Å²) in [5.74, 6) is 0. The van der Waals surface area contributed by atoms with Crippen LogP contribution in [0.2, 0.25) is 0 Å². The Morgan fingerprint density at radius 1 is 1.09 bits per heavy atom. The third-order valence-corrected chi connectivity index (χ3v) is 4.73. The van der Waals surface area contributed by atoms with E-state index in [9.17, 15) is 0 Å². The van der Waals surface area contributed by atoms with Crippen molar-refractivity contribution in [2.24, 2.45) is 0 Å². The van der Waals surface area contributed by atoms with Crippen molar-refractivity contribution in [1.82, 2.24) is 0 Å². The second-order valence-corrected chi connectivity index (χ2v) is 5.97. The lowest BCUT2D eigenvalue weighted by atomic mass is 9.75. The molecule has 2 aliphatic rings. The SMILES string of the molecule is CO[C@H](C)c1ccccc1B1O[C@H]2Cc3ccccc3[C@H]2O1. The first-order chi connectivity index (χ1) is 10.8. The van der Waals surface area contributed by atoms with Crippen LogP contribution < -0.4 is 5.46 Å². The van der Waals surface area contributed by atoms with Gasteiger partial charge in [-0.25, -0.2) is 0 Å². The highest BCUT2D eigenvalue weighted by molar-refractivity contribution is 6.62. The van der Waals surface area contributed by atoms with Gasteiger partial charge in [-0.05, 0) is 29.1 Å². The highest BCUT2D eigenvalue weighted by Gasteiger charge is 2.46. The van der Waals surface area contributed by atoms with Crippen LogP contribution >= 0.6 is 0 Å². The van der Waals surface area contributed by atoms with E-state index in [2.05, 4.69) is 36.4 Å². The van der Waals surface area contributed by atoms with Gasteiger partial charge in [-0.1, -0.05) is 48.5 Å². The van der Waals surface area contributed by atoms with E-state index in [0.29, 0.717) is 0 Å². The smallest absolute Gasteiger partial charge is 0.401 e. The number of benzene rings is 2. The van der Waals surface area contributed by atoms with Crippen LogP contribution in [0.25, 0.3) is 0 Å². The zero-order valence-corrected chi connectivity index (χ0v) is 12.9. The predicted octanol–water partition coefficient (Wildman–Crippen LogP) is 2.80. The van der Waals surface area contributed by atoms with E-state index >= 15 is 0 Å². The monoisotopic (exact) mass is 294 g/mol. The maximum Gasteiger partial charge on any atom is 0.495 e. The Hall–Kier alpha value is -1.62. The fourth-order valence-corrected chi connectivity index (χ4v) is 3.50. The lowest BCUT2D eigenvalue weighted by Gasteiger charge is -2.17. The molecule has 112 valence electrons. The molecule has 22 heavy (non-hydrogen) atoms. The van der Waals surface area contributed by atoms with Crippen LogP contribution in [0.4, 0.5) is 0 Å². The number of hydrogen-bond donors (Lipinski definition) is 0. The van der Waals surface area contributed by atoms with E-state index in [-0.39, 0.29) is 25.4 Å². The van der Waals surface area contributed by atoms with Crippen LogP contribution in [0.5, 0.6) is 0 Å². The van der Waals surface area contributed by atoms with E-state index in [0.717, 1.165) is 17.4 Å². The Morgan fingerprint density at radius 3 is 2.73 bits per heavy atom. The van der Waals surface area contributed by atoms with Crippen LogP contribution in [0.15, 0.2) is 48.5 Å². The molecule has 0 bridgehead atoms. The Morgan fingerprint density at radius 2 is 1.86 bits per heavy atom. The number of methoxy groups -OCH3 is 1. The summed E-state index contributed by atoms with van der Waals surface area (Å²) in [6.45, 7) is 2.05. The standard InChI is InChI=1S/C18H19BO3/c1-12(20-2)14-8-5-6-10-16(14)19-21-17-11-13-7-3-4-9-15(13)18(17)22-19/h3-10,12,17-18H,11H2,1-2H3/t12-,17+,18-/m1/s1. The van der Waals surface area contributed by atoms with Gasteiger partial charge in [0.05, 0.1) is 18.3 Å². The molecule has 1 heterocycles. The average Bonchev–Trinajstić information content (AvgIpc) is 3.12. The van der Waals surface area contributed by atoms with E-state index in [1.807, 2.05) is 19.1 Å². The first-order valence-corrected chi connectivity index (χ1v) is 7.78. The fourth-order valence-electron chi connectivity index (χ4n) is 3.50. The molecule has 0 amide bonds. The van der Waals surface area contributed by atoms with E-state index in [1.165, 1.54) is 11.1 Å². The van der Waals surface area contributed by atoms with Gasteiger partial charge in [0.2, 0.25) is 0 Å². The van der Waals surface area contributed by atoms with Crippen LogP contribution in [0.1, 0.15) is 35.8 Å². The van der Waals surface area contributed by atoms with Gasteiger partial charge in [-0.3, -0.25) is 0 Å². The molecule has 1 saturated heterocycles. The molecular formula is C18H19BO3. The quantitative estimate of drug-likeness (QED) is 0.815. The molecule has 3 nitrogen and oxygen atoms in total. The van der Waals surface area contributed by atoms with Gasteiger partial charge in [0.15, 0.2) is 0 Å².